The van der Waals surface area contributed by atoms with Gasteiger partial charge in [-0.3, -0.25) is 5.01 Å². The van der Waals surface area contributed by atoms with Crippen LogP contribution < -0.4 is 0 Å². The first kappa shape index (κ1) is 7.03. The molecule has 0 amide bonds. The zero-order valence-corrected chi connectivity index (χ0v) is 6.50. The van der Waals surface area contributed by atoms with Crippen molar-refractivity contribution in [3.8, 4) is 0 Å². The van der Waals surface area contributed by atoms with Crippen molar-refractivity contribution in [3.63, 3.8) is 0 Å². The highest BCUT2D eigenvalue weighted by atomic mass is 15.5. The van der Waals surface area contributed by atoms with Crippen LogP contribution in [-0.4, -0.2) is 22.8 Å². The first-order chi connectivity index (χ1) is 4.61. The normalized spacial score (nSPS) is 16.5. The smallest absolute Gasteiger partial charge is 0.145 e. The maximum atomic E-state index is 4.02. The maximum Gasteiger partial charge on any atom is 0.145 e. The molecule has 0 radical (unpaired) electrons. The molecule has 3 nitrogen and oxygen atoms in total. The molecule has 0 bridgehead atoms. The van der Waals surface area contributed by atoms with Gasteiger partial charge in [-0.1, -0.05) is 0 Å². The molecule has 3 heteroatoms. The van der Waals surface area contributed by atoms with Crippen molar-refractivity contribution in [2.75, 3.05) is 0 Å². The lowest BCUT2D eigenvalue weighted by atomic mass is 10.1. The molecule has 0 aliphatic carbocycles. The van der Waals surface area contributed by atoms with Crippen molar-refractivity contribution in [2.45, 2.75) is 26.3 Å². The van der Waals surface area contributed by atoms with Crippen molar-refractivity contribution < 1.29 is 0 Å². The summed E-state index contributed by atoms with van der Waals surface area (Å²) in [6.45, 7) is 6.23. The Hall–Kier alpha value is -1.08. The summed E-state index contributed by atoms with van der Waals surface area (Å²) < 4.78 is 0. The molecule has 0 spiro atoms. The fraction of sp³-hybridized carbons (Fsp3) is 0.571. The number of hydrazone groups is 1. The zero-order valence-electron chi connectivity index (χ0n) is 6.50. The first-order valence-electron chi connectivity index (χ1n) is 3.21. The number of aliphatic imine (C=N–C) groups is 1. The molecule has 0 atom stereocenters. The summed E-state index contributed by atoms with van der Waals surface area (Å²) in [5, 5.41) is 5.84. The van der Waals surface area contributed by atoms with Gasteiger partial charge in [0.15, 0.2) is 0 Å². The second-order valence-electron chi connectivity index (χ2n) is 3.13. The largest absolute Gasteiger partial charge is 0.257 e. The molecule has 0 unspecified atom stereocenters. The second kappa shape index (κ2) is 2.27. The Kier molecular flexibility index (Phi) is 1.60. The van der Waals surface area contributed by atoms with E-state index in [1.165, 1.54) is 6.34 Å². The first-order valence-corrected chi connectivity index (χ1v) is 3.21. The van der Waals surface area contributed by atoms with Gasteiger partial charge in [-0.05, 0) is 20.8 Å². The molecular formula is C7H11N3. The van der Waals surface area contributed by atoms with Crippen molar-refractivity contribution >= 4 is 12.2 Å². The minimum Gasteiger partial charge on any atom is -0.257 e. The summed E-state index contributed by atoms with van der Waals surface area (Å²) >= 11 is 0. The number of rotatable bonds is 0. The fourth-order valence-electron chi connectivity index (χ4n) is 0.603. The third-order valence-corrected chi connectivity index (χ3v) is 1.18. The Morgan fingerprint density at radius 2 is 2.10 bits per heavy atom. The van der Waals surface area contributed by atoms with Crippen LogP contribution in [0.2, 0.25) is 0 Å². The molecule has 0 saturated carbocycles. The molecule has 0 saturated heterocycles. The highest BCUT2D eigenvalue weighted by Crippen LogP contribution is 2.13. The molecule has 0 aromatic carbocycles. The van der Waals surface area contributed by atoms with E-state index in [1.807, 2.05) is 5.01 Å². The van der Waals surface area contributed by atoms with Gasteiger partial charge in [-0.25, -0.2) is 0 Å². The maximum absolute atomic E-state index is 4.02. The van der Waals surface area contributed by atoms with Crippen LogP contribution in [0, 0.1) is 0 Å². The topological polar surface area (TPSA) is 28.0 Å². The van der Waals surface area contributed by atoms with E-state index in [1.54, 1.807) is 6.20 Å². The molecule has 1 aliphatic heterocycles. The minimum absolute atomic E-state index is 0.0272. The highest BCUT2D eigenvalue weighted by molar-refractivity contribution is 5.70. The van der Waals surface area contributed by atoms with Gasteiger partial charge >= 0.3 is 0 Å². The molecule has 0 fully saturated rings. The lowest BCUT2D eigenvalue weighted by Gasteiger charge is -2.28. The summed E-state index contributed by atoms with van der Waals surface area (Å²) in [6, 6.07) is 0. The summed E-state index contributed by atoms with van der Waals surface area (Å²) in [6.07, 6.45) is 3.23. The van der Waals surface area contributed by atoms with Gasteiger partial charge in [0, 0.05) is 5.87 Å². The second-order valence-corrected chi connectivity index (χ2v) is 3.13. The SMILES string of the molecule is CC(C)(C)N1C=C=NC=N1. The summed E-state index contributed by atoms with van der Waals surface area (Å²) in [5.41, 5.74) is 0.0272. The molecule has 0 aromatic heterocycles. The third-order valence-electron chi connectivity index (χ3n) is 1.18. The molecule has 54 valence electrons. The van der Waals surface area contributed by atoms with Crippen LogP contribution in [-0.2, 0) is 0 Å². The van der Waals surface area contributed by atoms with E-state index < -0.39 is 0 Å². The van der Waals surface area contributed by atoms with Crippen LogP contribution in [0.25, 0.3) is 0 Å². The number of hydrogen-bond donors (Lipinski definition) is 0. The van der Waals surface area contributed by atoms with Crippen LogP contribution >= 0.6 is 0 Å². The van der Waals surface area contributed by atoms with Gasteiger partial charge in [0.25, 0.3) is 0 Å². The number of nitrogens with zero attached hydrogens (tertiary/aromatic N) is 3. The lowest BCUT2D eigenvalue weighted by Crippen LogP contribution is -2.33. The van der Waals surface area contributed by atoms with Gasteiger partial charge in [-0.2, -0.15) is 10.1 Å². The van der Waals surface area contributed by atoms with Crippen molar-refractivity contribution in [2.24, 2.45) is 10.1 Å². The zero-order chi connectivity index (χ0) is 7.61. The van der Waals surface area contributed by atoms with Gasteiger partial charge in [0.2, 0.25) is 0 Å². The monoisotopic (exact) mass is 137 g/mol. The molecule has 0 aromatic rings. The van der Waals surface area contributed by atoms with E-state index in [-0.39, 0.29) is 5.54 Å². The predicted octanol–water partition coefficient (Wildman–Crippen LogP) is 1.23. The fourth-order valence-corrected chi connectivity index (χ4v) is 0.603. The predicted molar refractivity (Wildman–Crippen MR) is 42.1 cm³/mol. The van der Waals surface area contributed by atoms with Crippen LogP contribution in [0.3, 0.4) is 0 Å². The van der Waals surface area contributed by atoms with Crippen molar-refractivity contribution in [1.82, 2.24) is 5.01 Å². The molecule has 1 heterocycles. The third kappa shape index (κ3) is 1.45. The molecule has 1 rings (SSSR count). The minimum atomic E-state index is 0.0272. The highest BCUT2D eigenvalue weighted by Gasteiger charge is 2.17. The van der Waals surface area contributed by atoms with Crippen LogP contribution in [0.5, 0.6) is 0 Å². The molecular weight excluding hydrogens is 126 g/mol. The van der Waals surface area contributed by atoms with Crippen LogP contribution in [0.4, 0.5) is 0 Å². The van der Waals surface area contributed by atoms with Crippen LogP contribution in [0.1, 0.15) is 20.8 Å². The Morgan fingerprint density at radius 1 is 1.40 bits per heavy atom. The van der Waals surface area contributed by atoms with E-state index in [0.29, 0.717) is 0 Å². The lowest BCUT2D eigenvalue weighted by molar-refractivity contribution is 0.217. The molecule has 10 heavy (non-hydrogen) atoms. The van der Waals surface area contributed by atoms with Gasteiger partial charge in [0.1, 0.15) is 6.34 Å². The quantitative estimate of drug-likeness (QED) is 0.493. The van der Waals surface area contributed by atoms with Gasteiger partial charge < -0.3 is 0 Å². The van der Waals surface area contributed by atoms with E-state index in [2.05, 4.69) is 36.7 Å². The van der Waals surface area contributed by atoms with E-state index in [9.17, 15) is 0 Å². The molecule has 0 N–H and O–H groups in total. The van der Waals surface area contributed by atoms with Crippen molar-refractivity contribution in [3.05, 3.63) is 6.20 Å². The average Bonchev–Trinajstić information content (AvgIpc) is 1.88. The Morgan fingerprint density at radius 3 is 2.40 bits per heavy atom. The van der Waals surface area contributed by atoms with Gasteiger partial charge in [0.05, 0.1) is 11.7 Å². The Balaban J connectivity index is 2.77. The van der Waals surface area contributed by atoms with E-state index in [4.69, 9.17) is 0 Å². The average molecular weight is 137 g/mol. The summed E-state index contributed by atoms with van der Waals surface area (Å²) in [7, 11) is 0. The van der Waals surface area contributed by atoms with Gasteiger partial charge in [-0.15, -0.1) is 0 Å². The van der Waals surface area contributed by atoms with E-state index in [0.717, 1.165) is 0 Å². The van der Waals surface area contributed by atoms with Crippen LogP contribution in [0.15, 0.2) is 16.3 Å². The van der Waals surface area contributed by atoms with E-state index >= 15 is 0 Å². The van der Waals surface area contributed by atoms with Crippen molar-refractivity contribution in [1.29, 1.82) is 0 Å². The Bertz CT molecular complexity index is 203. The Labute approximate surface area is 60.8 Å². The molecule has 1 aliphatic rings. The summed E-state index contributed by atoms with van der Waals surface area (Å²) in [5.74, 6) is 2.72. The standard InChI is InChI=1S/C7H11N3/c1-7(2,3)10-5-4-8-6-9-10/h5-6H,1-3H3. The number of hydrogen-bond acceptors (Lipinski definition) is 3. The summed E-state index contributed by atoms with van der Waals surface area (Å²) in [4.78, 5) is 3.70.